The highest BCUT2D eigenvalue weighted by Gasteiger charge is 2.19. The predicted octanol–water partition coefficient (Wildman–Crippen LogP) is 3.18. The van der Waals surface area contributed by atoms with Crippen molar-refractivity contribution in [1.82, 2.24) is 10.6 Å². The lowest BCUT2D eigenvalue weighted by atomic mass is 9.96. The molecule has 19 heavy (non-hydrogen) atoms. The summed E-state index contributed by atoms with van der Waals surface area (Å²) < 4.78 is 0. The smallest absolute Gasteiger partial charge is 0.221 e. The molecule has 1 rings (SSSR count). The summed E-state index contributed by atoms with van der Waals surface area (Å²) in [5.74, 6) is 0.339. The molecule has 1 unspecified atom stereocenters. The van der Waals surface area contributed by atoms with Gasteiger partial charge in [-0.05, 0) is 24.6 Å². The molecule has 0 spiro atoms. The molecular weight excluding hydrogens is 283 g/mol. The van der Waals surface area contributed by atoms with Gasteiger partial charge in [-0.3, -0.25) is 4.79 Å². The Labute approximate surface area is 126 Å². The summed E-state index contributed by atoms with van der Waals surface area (Å²) in [6, 6.07) is 7.61. The number of halogens is 2. The SMILES string of the molecule is CNCCC(=O)NC(c1ccccc1Cl)C(C)C.Cl. The standard InChI is InChI=1S/C14H21ClN2O.ClH/c1-10(2)14(17-13(18)8-9-16-3)11-6-4-5-7-12(11)15;/h4-7,10,14,16H,8-9H2,1-3H3,(H,17,18);1H. The zero-order valence-corrected chi connectivity index (χ0v) is 13.1. The monoisotopic (exact) mass is 304 g/mol. The Morgan fingerprint density at radius 3 is 2.47 bits per heavy atom. The molecule has 1 atom stereocenters. The molecule has 1 amide bonds. The molecule has 5 heteroatoms. The van der Waals surface area contributed by atoms with Gasteiger partial charge in [0.2, 0.25) is 5.91 Å². The second kappa shape index (κ2) is 9.18. The molecule has 0 aliphatic rings. The molecule has 1 aromatic rings. The summed E-state index contributed by atoms with van der Waals surface area (Å²) in [6.45, 7) is 4.83. The maximum atomic E-state index is 11.8. The topological polar surface area (TPSA) is 41.1 Å². The molecule has 0 aromatic heterocycles. The molecule has 3 nitrogen and oxygen atoms in total. The highest BCUT2D eigenvalue weighted by atomic mass is 35.5. The van der Waals surface area contributed by atoms with Crippen LogP contribution in [-0.4, -0.2) is 19.5 Å². The van der Waals surface area contributed by atoms with E-state index in [1.807, 2.05) is 31.3 Å². The van der Waals surface area contributed by atoms with Crippen LogP contribution in [0.3, 0.4) is 0 Å². The molecule has 108 valence electrons. The Balaban J connectivity index is 0.00000324. The van der Waals surface area contributed by atoms with Gasteiger partial charge < -0.3 is 10.6 Å². The number of hydrogen-bond acceptors (Lipinski definition) is 2. The maximum Gasteiger partial charge on any atom is 0.221 e. The van der Waals surface area contributed by atoms with Crippen LogP contribution in [0.1, 0.15) is 31.9 Å². The van der Waals surface area contributed by atoms with Crippen molar-refractivity contribution in [2.45, 2.75) is 26.3 Å². The van der Waals surface area contributed by atoms with E-state index in [1.165, 1.54) is 0 Å². The third-order valence-electron chi connectivity index (χ3n) is 2.83. The number of hydrogen-bond donors (Lipinski definition) is 2. The second-order valence-electron chi connectivity index (χ2n) is 4.66. The van der Waals surface area contributed by atoms with E-state index in [-0.39, 0.29) is 24.4 Å². The van der Waals surface area contributed by atoms with E-state index >= 15 is 0 Å². The first-order valence-corrected chi connectivity index (χ1v) is 6.62. The zero-order chi connectivity index (χ0) is 13.5. The summed E-state index contributed by atoms with van der Waals surface area (Å²) >= 11 is 6.19. The normalized spacial score (nSPS) is 11.8. The minimum absolute atomic E-state index is 0. The van der Waals surface area contributed by atoms with Crippen LogP contribution in [0.4, 0.5) is 0 Å². The molecule has 0 radical (unpaired) electrons. The average molecular weight is 305 g/mol. The fourth-order valence-corrected chi connectivity index (χ4v) is 2.07. The van der Waals surface area contributed by atoms with E-state index < -0.39 is 0 Å². The average Bonchev–Trinajstić information content (AvgIpc) is 2.34. The van der Waals surface area contributed by atoms with Crippen LogP contribution in [0.5, 0.6) is 0 Å². The Morgan fingerprint density at radius 2 is 1.95 bits per heavy atom. The third-order valence-corrected chi connectivity index (χ3v) is 3.17. The van der Waals surface area contributed by atoms with Crippen LogP contribution < -0.4 is 10.6 Å². The zero-order valence-electron chi connectivity index (χ0n) is 11.6. The first-order chi connectivity index (χ1) is 8.56. The second-order valence-corrected chi connectivity index (χ2v) is 5.07. The Hall–Kier alpha value is -0.770. The molecule has 1 aromatic carbocycles. The van der Waals surface area contributed by atoms with Gasteiger partial charge in [0.05, 0.1) is 6.04 Å². The van der Waals surface area contributed by atoms with Crippen molar-refractivity contribution in [1.29, 1.82) is 0 Å². The summed E-state index contributed by atoms with van der Waals surface area (Å²) in [4.78, 5) is 11.8. The van der Waals surface area contributed by atoms with Crippen LogP contribution in [0.2, 0.25) is 5.02 Å². The Morgan fingerprint density at radius 1 is 1.32 bits per heavy atom. The number of carbonyl (C=O) groups is 1. The van der Waals surface area contributed by atoms with Crippen LogP contribution in [0.25, 0.3) is 0 Å². The largest absolute Gasteiger partial charge is 0.349 e. The molecule has 0 heterocycles. The van der Waals surface area contributed by atoms with Gasteiger partial charge in [0.15, 0.2) is 0 Å². The minimum Gasteiger partial charge on any atom is -0.349 e. The molecule has 2 N–H and O–H groups in total. The molecule has 0 bridgehead atoms. The molecular formula is C14H22Cl2N2O. The number of amides is 1. The minimum atomic E-state index is -0.0388. The van der Waals surface area contributed by atoms with Gasteiger partial charge in [-0.25, -0.2) is 0 Å². The lowest BCUT2D eigenvalue weighted by Gasteiger charge is -2.24. The summed E-state index contributed by atoms with van der Waals surface area (Å²) in [5, 5.41) is 6.71. The third kappa shape index (κ3) is 5.81. The van der Waals surface area contributed by atoms with E-state index in [1.54, 1.807) is 0 Å². The molecule has 0 saturated carbocycles. The lowest BCUT2D eigenvalue weighted by molar-refractivity contribution is -0.122. The number of benzene rings is 1. The van der Waals surface area contributed by atoms with Gasteiger partial charge in [0.1, 0.15) is 0 Å². The Kier molecular flexibility index (Phi) is 8.81. The van der Waals surface area contributed by atoms with E-state index in [0.717, 1.165) is 5.56 Å². The lowest BCUT2D eigenvalue weighted by Crippen LogP contribution is -2.33. The summed E-state index contributed by atoms with van der Waals surface area (Å²) in [7, 11) is 1.83. The van der Waals surface area contributed by atoms with Gasteiger partial charge >= 0.3 is 0 Å². The van der Waals surface area contributed by atoms with E-state index in [4.69, 9.17) is 11.6 Å². The summed E-state index contributed by atoms with van der Waals surface area (Å²) in [5.41, 5.74) is 0.979. The fourth-order valence-electron chi connectivity index (χ4n) is 1.81. The molecule has 0 aliphatic heterocycles. The van der Waals surface area contributed by atoms with E-state index in [2.05, 4.69) is 24.5 Å². The Bertz CT molecular complexity index is 397. The number of rotatable bonds is 6. The highest BCUT2D eigenvalue weighted by Crippen LogP contribution is 2.28. The van der Waals surface area contributed by atoms with Crippen molar-refractivity contribution in [3.8, 4) is 0 Å². The van der Waals surface area contributed by atoms with Gasteiger partial charge in [0, 0.05) is 18.0 Å². The van der Waals surface area contributed by atoms with Crippen molar-refractivity contribution < 1.29 is 4.79 Å². The first kappa shape index (κ1) is 18.2. The van der Waals surface area contributed by atoms with Crippen molar-refractivity contribution in [3.63, 3.8) is 0 Å². The molecule has 0 fully saturated rings. The van der Waals surface area contributed by atoms with Gasteiger partial charge in [-0.15, -0.1) is 12.4 Å². The number of carbonyl (C=O) groups excluding carboxylic acids is 1. The number of nitrogens with one attached hydrogen (secondary N) is 2. The van der Waals surface area contributed by atoms with Crippen molar-refractivity contribution >= 4 is 29.9 Å². The first-order valence-electron chi connectivity index (χ1n) is 6.24. The fraction of sp³-hybridized carbons (Fsp3) is 0.500. The van der Waals surface area contributed by atoms with E-state index in [0.29, 0.717) is 23.9 Å². The van der Waals surface area contributed by atoms with Crippen molar-refractivity contribution in [2.24, 2.45) is 5.92 Å². The van der Waals surface area contributed by atoms with Gasteiger partial charge in [-0.1, -0.05) is 43.6 Å². The van der Waals surface area contributed by atoms with E-state index in [9.17, 15) is 4.79 Å². The van der Waals surface area contributed by atoms with Crippen molar-refractivity contribution in [3.05, 3.63) is 34.9 Å². The van der Waals surface area contributed by atoms with Crippen LogP contribution in [-0.2, 0) is 4.79 Å². The van der Waals surface area contributed by atoms with Crippen LogP contribution in [0, 0.1) is 5.92 Å². The molecule has 0 saturated heterocycles. The predicted molar refractivity (Wildman–Crippen MR) is 83.0 cm³/mol. The molecule has 0 aliphatic carbocycles. The maximum absolute atomic E-state index is 11.8. The van der Waals surface area contributed by atoms with Crippen LogP contribution >= 0.6 is 24.0 Å². The van der Waals surface area contributed by atoms with Gasteiger partial charge in [-0.2, -0.15) is 0 Å². The van der Waals surface area contributed by atoms with Crippen LogP contribution in [0.15, 0.2) is 24.3 Å². The van der Waals surface area contributed by atoms with Gasteiger partial charge in [0.25, 0.3) is 0 Å². The quantitative estimate of drug-likeness (QED) is 0.847. The van der Waals surface area contributed by atoms with Crippen molar-refractivity contribution in [2.75, 3.05) is 13.6 Å². The highest BCUT2D eigenvalue weighted by molar-refractivity contribution is 6.31. The summed E-state index contributed by atoms with van der Waals surface area (Å²) in [6.07, 6.45) is 0.476.